The summed E-state index contributed by atoms with van der Waals surface area (Å²) in [5, 5.41) is -0.983. The van der Waals surface area contributed by atoms with Crippen molar-refractivity contribution in [3.8, 4) is 45.9 Å². The molecule has 0 bridgehead atoms. The Hall–Kier alpha value is -9.98. The average molecular weight is 1460 g/mol. The van der Waals surface area contributed by atoms with Crippen LogP contribution in [0.15, 0.2) is 143 Å². The van der Waals surface area contributed by atoms with Gasteiger partial charge in [-0.15, -0.1) is 0 Å². The van der Waals surface area contributed by atoms with E-state index in [1.165, 1.54) is 78.9 Å². The maximum absolute atomic E-state index is 14.3. The van der Waals surface area contributed by atoms with Crippen molar-refractivity contribution in [2.24, 2.45) is 11.3 Å². The molecule has 0 atom stereocenters. The van der Waals surface area contributed by atoms with Gasteiger partial charge in [0.1, 0.15) is 46.8 Å². The Bertz CT molecular complexity index is 4580. The third-order valence-electron chi connectivity index (χ3n) is 13.6. The quantitative estimate of drug-likeness (QED) is 0.0314. The molecule has 8 rings (SSSR count). The Balaban J connectivity index is 0.000000402. The van der Waals surface area contributed by atoms with Crippen LogP contribution in [-0.4, -0.2) is 130 Å². The molecule has 27 nitrogen and oxygen atoms in total. The number of amides is 3. The summed E-state index contributed by atoms with van der Waals surface area (Å²) < 4.78 is 124. The van der Waals surface area contributed by atoms with Crippen LogP contribution < -0.4 is 49.5 Å². The molecule has 0 saturated carbocycles. The number of nitrogens with one attached hydrogen (secondary N) is 3. The monoisotopic (exact) mass is 1460 g/mol. The average Bonchev–Trinajstić information content (AvgIpc) is 0.807. The van der Waals surface area contributed by atoms with Gasteiger partial charge in [-0.2, -0.15) is 25.3 Å². The van der Waals surface area contributed by atoms with Crippen LogP contribution in [0.3, 0.4) is 0 Å². The van der Waals surface area contributed by atoms with Crippen molar-refractivity contribution < 1.29 is 72.0 Å². The predicted octanol–water partition coefficient (Wildman–Crippen LogP) is 11.1. The summed E-state index contributed by atoms with van der Waals surface area (Å²) in [4.78, 5) is 70.2. The highest BCUT2D eigenvalue weighted by atomic mass is 32.2. The van der Waals surface area contributed by atoms with Crippen molar-refractivity contribution in [2.75, 3.05) is 55.9 Å². The second-order valence-electron chi connectivity index (χ2n) is 25.8. The van der Waals surface area contributed by atoms with Gasteiger partial charge in [-0.1, -0.05) is 73.6 Å². The van der Waals surface area contributed by atoms with E-state index in [0.29, 0.717) is 66.5 Å². The van der Waals surface area contributed by atoms with E-state index >= 15 is 0 Å². The highest BCUT2D eigenvalue weighted by molar-refractivity contribution is 7.90. The van der Waals surface area contributed by atoms with E-state index in [1.54, 1.807) is 49.5 Å². The number of ether oxygens (including phenoxy) is 5. The smallest absolute Gasteiger partial charge is 0.281 e. The molecule has 7 N–H and O–H groups in total. The minimum Gasteiger partial charge on any atom is -0.493 e. The molecule has 0 aliphatic carbocycles. The molecule has 31 heteroatoms. The fourth-order valence-electron chi connectivity index (χ4n) is 8.83. The summed E-state index contributed by atoms with van der Waals surface area (Å²) in [7, 11) is -12.7. The Labute approximate surface area is 594 Å². The molecule has 0 radical (unpaired) electrons. The Morgan fingerprint density at radius 1 is 0.584 bits per heavy atom. The van der Waals surface area contributed by atoms with Gasteiger partial charge in [-0.05, 0) is 151 Å². The minimum absolute atomic E-state index is 0. The molecule has 0 fully saturated rings. The summed E-state index contributed by atoms with van der Waals surface area (Å²) in [5.74, 6) is -1.68. The lowest BCUT2D eigenvalue weighted by atomic mass is 9.91. The van der Waals surface area contributed by atoms with Gasteiger partial charge in [0.2, 0.25) is 17.6 Å². The number of nitrogens with zero attached hydrogens (tertiary/aromatic N) is 8. The van der Waals surface area contributed by atoms with Crippen LogP contribution in [0.25, 0.3) is 22.5 Å². The number of hydrogen-bond donors (Lipinski definition) is 5. The number of carbonyl (C=O) groups is 3. The summed E-state index contributed by atoms with van der Waals surface area (Å²) >= 11 is 0. The maximum Gasteiger partial charge on any atom is 0.281 e. The van der Waals surface area contributed by atoms with Crippen LogP contribution in [0.2, 0.25) is 0 Å². The van der Waals surface area contributed by atoms with Crippen LogP contribution >= 0.6 is 0 Å². The van der Waals surface area contributed by atoms with Crippen LogP contribution in [-0.2, 0) is 40.2 Å². The van der Waals surface area contributed by atoms with Crippen LogP contribution in [0, 0.1) is 24.1 Å². The first-order chi connectivity index (χ1) is 47.3. The van der Waals surface area contributed by atoms with Gasteiger partial charge in [0.25, 0.3) is 47.8 Å². The van der Waals surface area contributed by atoms with Crippen molar-refractivity contribution >= 4 is 65.2 Å². The molecule has 101 heavy (non-hydrogen) atoms. The molecule has 1 aromatic carbocycles. The molecule has 3 amide bonds. The van der Waals surface area contributed by atoms with E-state index in [4.69, 9.17) is 40.1 Å². The van der Waals surface area contributed by atoms with E-state index in [1.807, 2.05) is 117 Å². The van der Waals surface area contributed by atoms with Crippen molar-refractivity contribution in [3.63, 3.8) is 0 Å². The first-order valence-corrected chi connectivity index (χ1v) is 36.5. The second-order valence-corrected chi connectivity index (χ2v) is 30.7. The Morgan fingerprint density at radius 3 is 1.59 bits per heavy atom. The number of halogens is 1. The number of anilines is 3. The molecule has 0 spiro atoms. The SMILES string of the molecule is CC(C)(C)COc1nc(C(C)(C)C)ccc1C(=O)NS(=O)(=O)c1cccc(N)n1.CCN(c1nc(-c2ccc(OC(C)C)nc2)ccc1C(=O)NS(=O)(=O)c1cccc(N)n1)C(C)C.CCOCCOc1nc(-c2cc(F)cc(OCC(C)C)c2)ccc1C(=O)NS(=O)(=O)c1cccc(C)n1.[HH].[HH].[HH]. The van der Waals surface area contributed by atoms with Crippen molar-refractivity contribution in [1.29, 1.82) is 0 Å². The number of carbonyl (C=O) groups excluding carboxylic acids is 3. The molecule has 548 valence electrons. The normalized spacial score (nSPS) is 11.8. The van der Waals surface area contributed by atoms with E-state index in [2.05, 4.69) is 34.6 Å². The van der Waals surface area contributed by atoms with Crippen molar-refractivity contribution in [3.05, 3.63) is 161 Å². The Morgan fingerprint density at radius 2 is 1.11 bits per heavy atom. The van der Waals surface area contributed by atoms with Gasteiger partial charge in [-0.3, -0.25) is 14.4 Å². The van der Waals surface area contributed by atoms with Crippen LogP contribution in [0.5, 0.6) is 23.4 Å². The number of rotatable bonds is 26. The topological polar surface area (TPSA) is 381 Å². The maximum atomic E-state index is 14.3. The molecule has 0 aliphatic rings. The minimum atomic E-state index is -4.25. The Kier molecular flexibility index (Phi) is 27.6. The van der Waals surface area contributed by atoms with E-state index in [-0.39, 0.29) is 102 Å². The number of nitrogen functional groups attached to an aromatic ring is 2. The number of nitrogens with two attached hydrogens (primary N) is 2. The molecule has 7 aromatic heterocycles. The number of benzene rings is 1. The molecule has 0 aliphatic heterocycles. The van der Waals surface area contributed by atoms with E-state index in [9.17, 15) is 44.0 Å². The van der Waals surface area contributed by atoms with Gasteiger partial charge >= 0.3 is 0 Å². The molecule has 0 saturated heterocycles. The van der Waals surface area contributed by atoms with E-state index < -0.39 is 53.6 Å². The molecule has 8 aromatic rings. The van der Waals surface area contributed by atoms with Crippen LogP contribution in [0.1, 0.15) is 144 Å². The first kappa shape index (κ1) is 80.0. The number of sulfonamides is 3. The summed E-state index contributed by atoms with van der Waals surface area (Å²) in [6, 6.07) is 29.8. The van der Waals surface area contributed by atoms with Gasteiger partial charge in [0, 0.05) is 69.7 Å². The third kappa shape index (κ3) is 23.8. The standard InChI is InChI=1S/C26H30FN3O6S.C24H30N6O4S.C20H28N4O4S.3H2/c1-5-34-11-12-35-26-22(25(31)30-37(32,33)24-8-6-7-18(4)28-24)9-10-23(29-26)19-13-20(27)15-21(14-19)36-16-17(2)3;1-6-30(15(2)3)23-18(24(31)29-35(32,33)22-9-7-8-20(25)28-22)11-12-19(27-23)17-10-13-21(26-14-17)34-16(4)5;1-19(2,3)12-28-18-13(10-11-14(22-18)20(4,5)6)17(25)24-29(26,27)16-9-7-8-15(21)23-16;;;/h6-10,13-15,17H,5,11-12,16H2,1-4H3,(H,30,31);7-16H,6H2,1-5H3,(H2,25,28)(H,29,31);7-11H,12H2,1-6H3,(H2,21,23)(H,24,25);3*1H. The summed E-state index contributed by atoms with van der Waals surface area (Å²) in [5.41, 5.74) is 13.9. The summed E-state index contributed by atoms with van der Waals surface area (Å²) in [6.45, 7) is 31.0. The molecule has 0 unspecified atom stereocenters. The first-order valence-electron chi connectivity index (χ1n) is 32.1. The zero-order valence-electron chi connectivity index (χ0n) is 59.1. The lowest BCUT2D eigenvalue weighted by molar-refractivity contribution is 0.0953. The van der Waals surface area contributed by atoms with Gasteiger partial charge in [0.05, 0.1) is 42.9 Å². The van der Waals surface area contributed by atoms with Crippen molar-refractivity contribution in [1.82, 2.24) is 49.1 Å². The number of pyridine rings is 7. The number of aryl methyl sites for hydroxylation is 1. The largest absolute Gasteiger partial charge is 0.493 e. The molecular formula is C70H94FN13O14S3. The zero-order chi connectivity index (χ0) is 74.8. The number of aromatic nitrogens is 7. The summed E-state index contributed by atoms with van der Waals surface area (Å²) in [6.07, 6.45) is 1.64. The predicted molar refractivity (Wildman–Crippen MR) is 388 cm³/mol. The van der Waals surface area contributed by atoms with Gasteiger partial charge in [0.15, 0.2) is 15.1 Å². The lowest BCUT2D eigenvalue weighted by Gasteiger charge is -2.28. The fraction of sp³-hybridized carbons (Fsp3) is 0.371. The lowest BCUT2D eigenvalue weighted by Crippen LogP contribution is -2.36. The fourth-order valence-corrected chi connectivity index (χ4v) is 11.7. The molecule has 7 heterocycles. The highest BCUT2D eigenvalue weighted by Gasteiger charge is 2.30. The third-order valence-corrected chi connectivity index (χ3v) is 17.3. The van der Waals surface area contributed by atoms with Crippen LogP contribution in [0.4, 0.5) is 21.8 Å². The molecular weight excluding hydrogens is 1360 g/mol. The second kappa shape index (κ2) is 34.9. The van der Waals surface area contributed by atoms with Gasteiger partial charge in [-0.25, -0.2) is 53.4 Å². The zero-order valence-corrected chi connectivity index (χ0v) is 61.6. The van der Waals surface area contributed by atoms with E-state index in [0.717, 1.165) is 11.3 Å². The van der Waals surface area contributed by atoms with Crippen molar-refractivity contribution in [2.45, 2.75) is 136 Å². The van der Waals surface area contributed by atoms with Gasteiger partial charge < -0.3 is 40.1 Å². The highest BCUT2D eigenvalue weighted by Crippen LogP contribution is 2.32. The number of hydrogen-bond acceptors (Lipinski definition) is 24.